The van der Waals surface area contributed by atoms with Gasteiger partial charge in [0, 0.05) is 17.5 Å². The first-order valence-corrected chi connectivity index (χ1v) is 7.91. The number of nitrogens with two attached hydrogens (primary N) is 1. The molecule has 0 aromatic carbocycles. The van der Waals surface area contributed by atoms with Crippen molar-refractivity contribution >= 4 is 11.6 Å². The van der Waals surface area contributed by atoms with Crippen LogP contribution in [0.3, 0.4) is 0 Å². The second kappa shape index (κ2) is 6.42. The van der Waals surface area contributed by atoms with E-state index in [0.29, 0.717) is 17.8 Å². The fourth-order valence-corrected chi connectivity index (χ4v) is 2.94. The average Bonchev–Trinajstić information content (AvgIpc) is 2.43. The Bertz CT molecular complexity index is 456. The minimum absolute atomic E-state index is 0.299. The van der Waals surface area contributed by atoms with E-state index in [-0.39, 0.29) is 0 Å². The summed E-state index contributed by atoms with van der Waals surface area (Å²) in [4.78, 5) is 9.06. The van der Waals surface area contributed by atoms with Crippen molar-refractivity contribution in [2.75, 3.05) is 11.1 Å². The summed E-state index contributed by atoms with van der Waals surface area (Å²) in [5.41, 5.74) is 7.01. The van der Waals surface area contributed by atoms with Crippen LogP contribution in [0.2, 0.25) is 0 Å². The van der Waals surface area contributed by atoms with Crippen molar-refractivity contribution in [2.45, 2.75) is 71.8 Å². The molecule has 4 heteroatoms. The highest BCUT2D eigenvalue weighted by Crippen LogP contribution is 2.30. The summed E-state index contributed by atoms with van der Waals surface area (Å²) in [6.45, 7) is 8.49. The normalized spacial score (nSPS) is 23.1. The molecule has 1 aromatic heterocycles. The highest BCUT2D eigenvalue weighted by atomic mass is 15.1. The van der Waals surface area contributed by atoms with Crippen molar-refractivity contribution in [1.82, 2.24) is 9.97 Å². The molecule has 0 amide bonds. The molecular formula is C16H28N4. The number of aromatic nitrogens is 2. The molecule has 1 heterocycles. The summed E-state index contributed by atoms with van der Waals surface area (Å²) in [5.74, 6) is 3.52. The molecular weight excluding hydrogens is 248 g/mol. The van der Waals surface area contributed by atoms with Gasteiger partial charge in [0.25, 0.3) is 0 Å². The number of hydrogen-bond donors (Lipinski definition) is 2. The monoisotopic (exact) mass is 276 g/mol. The van der Waals surface area contributed by atoms with E-state index in [9.17, 15) is 0 Å². The quantitative estimate of drug-likeness (QED) is 0.876. The summed E-state index contributed by atoms with van der Waals surface area (Å²) in [7, 11) is 0. The molecule has 0 radical (unpaired) electrons. The first-order chi connectivity index (χ1) is 9.51. The molecule has 0 bridgehead atoms. The average molecular weight is 276 g/mol. The lowest BCUT2D eigenvalue weighted by Crippen LogP contribution is -2.28. The van der Waals surface area contributed by atoms with Gasteiger partial charge in [0.2, 0.25) is 0 Å². The minimum atomic E-state index is 0.299. The maximum absolute atomic E-state index is 6.03. The van der Waals surface area contributed by atoms with E-state index in [4.69, 9.17) is 5.73 Å². The lowest BCUT2D eigenvalue weighted by atomic mass is 9.84. The number of anilines is 2. The number of rotatable bonds is 4. The van der Waals surface area contributed by atoms with Crippen LogP contribution in [0.5, 0.6) is 0 Å². The van der Waals surface area contributed by atoms with E-state index in [0.717, 1.165) is 23.1 Å². The van der Waals surface area contributed by atoms with Gasteiger partial charge >= 0.3 is 0 Å². The van der Waals surface area contributed by atoms with Gasteiger partial charge in [-0.3, -0.25) is 0 Å². The van der Waals surface area contributed by atoms with Crippen LogP contribution in [-0.2, 0) is 0 Å². The Morgan fingerprint density at radius 3 is 2.70 bits per heavy atom. The van der Waals surface area contributed by atoms with Gasteiger partial charge in [0.05, 0.1) is 0 Å². The predicted molar refractivity (Wildman–Crippen MR) is 84.9 cm³/mol. The van der Waals surface area contributed by atoms with Crippen LogP contribution in [0.1, 0.15) is 70.2 Å². The van der Waals surface area contributed by atoms with Gasteiger partial charge < -0.3 is 11.1 Å². The molecule has 4 nitrogen and oxygen atoms in total. The zero-order chi connectivity index (χ0) is 14.7. The summed E-state index contributed by atoms with van der Waals surface area (Å²) in [5, 5.41) is 3.62. The standard InChI is InChI=1S/C16H28N4/c1-5-12-7-6-8-13(9-12)18-16-11(4)14(17)19-15(20-16)10(2)3/h10,12-13H,5-9H2,1-4H3,(H3,17,18,19,20). The van der Waals surface area contributed by atoms with Gasteiger partial charge in [0.15, 0.2) is 0 Å². The SMILES string of the molecule is CCC1CCCC(Nc2nc(C(C)C)nc(N)c2C)C1. The minimum Gasteiger partial charge on any atom is -0.383 e. The molecule has 1 aliphatic carbocycles. The van der Waals surface area contributed by atoms with Crippen molar-refractivity contribution in [3.05, 3.63) is 11.4 Å². The fraction of sp³-hybridized carbons (Fsp3) is 0.750. The van der Waals surface area contributed by atoms with E-state index in [2.05, 4.69) is 36.1 Å². The lowest BCUT2D eigenvalue weighted by Gasteiger charge is -2.30. The maximum Gasteiger partial charge on any atom is 0.135 e. The Labute approximate surface area is 122 Å². The van der Waals surface area contributed by atoms with E-state index in [1.54, 1.807) is 0 Å². The molecule has 0 aliphatic heterocycles. The Morgan fingerprint density at radius 1 is 1.30 bits per heavy atom. The van der Waals surface area contributed by atoms with Crippen molar-refractivity contribution in [3.8, 4) is 0 Å². The third-order valence-corrected chi connectivity index (χ3v) is 4.42. The second-order valence-electron chi connectivity index (χ2n) is 6.38. The molecule has 2 atom stereocenters. The molecule has 1 aliphatic rings. The van der Waals surface area contributed by atoms with Crippen LogP contribution in [0.15, 0.2) is 0 Å². The highest BCUT2D eigenvalue weighted by Gasteiger charge is 2.22. The smallest absolute Gasteiger partial charge is 0.135 e. The van der Waals surface area contributed by atoms with Crippen LogP contribution < -0.4 is 11.1 Å². The van der Waals surface area contributed by atoms with Crippen LogP contribution in [0, 0.1) is 12.8 Å². The first kappa shape index (κ1) is 15.1. The van der Waals surface area contributed by atoms with Gasteiger partial charge in [-0.25, -0.2) is 9.97 Å². The molecule has 1 fully saturated rings. The molecule has 2 rings (SSSR count). The molecule has 3 N–H and O–H groups in total. The largest absolute Gasteiger partial charge is 0.383 e. The summed E-state index contributed by atoms with van der Waals surface area (Å²) in [6.07, 6.45) is 6.44. The number of nitrogens with one attached hydrogen (secondary N) is 1. The second-order valence-corrected chi connectivity index (χ2v) is 6.38. The van der Waals surface area contributed by atoms with E-state index in [1.165, 1.54) is 32.1 Å². The van der Waals surface area contributed by atoms with E-state index in [1.807, 2.05) is 6.92 Å². The third kappa shape index (κ3) is 3.41. The molecule has 2 unspecified atom stereocenters. The topological polar surface area (TPSA) is 63.8 Å². The Morgan fingerprint density at radius 2 is 2.05 bits per heavy atom. The number of nitrogen functional groups attached to an aromatic ring is 1. The van der Waals surface area contributed by atoms with Gasteiger partial charge in [0.1, 0.15) is 17.5 Å². The Balaban J connectivity index is 2.15. The molecule has 1 saturated carbocycles. The van der Waals surface area contributed by atoms with Crippen molar-refractivity contribution < 1.29 is 0 Å². The van der Waals surface area contributed by atoms with Crippen LogP contribution in [0.4, 0.5) is 11.6 Å². The van der Waals surface area contributed by atoms with E-state index < -0.39 is 0 Å². The van der Waals surface area contributed by atoms with Crippen LogP contribution in [-0.4, -0.2) is 16.0 Å². The van der Waals surface area contributed by atoms with Gasteiger partial charge in [-0.15, -0.1) is 0 Å². The Kier molecular flexibility index (Phi) is 4.84. The molecule has 0 spiro atoms. The van der Waals surface area contributed by atoms with Gasteiger partial charge in [-0.1, -0.05) is 40.0 Å². The lowest BCUT2D eigenvalue weighted by molar-refractivity contribution is 0.327. The fourth-order valence-electron chi connectivity index (χ4n) is 2.94. The maximum atomic E-state index is 6.03. The predicted octanol–water partition coefficient (Wildman–Crippen LogP) is 3.87. The highest BCUT2D eigenvalue weighted by molar-refractivity contribution is 5.55. The molecule has 1 aromatic rings. The van der Waals surface area contributed by atoms with Gasteiger partial charge in [-0.2, -0.15) is 0 Å². The van der Waals surface area contributed by atoms with Gasteiger partial charge in [-0.05, 0) is 25.7 Å². The summed E-state index contributed by atoms with van der Waals surface area (Å²) in [6, 6.07) is 0.529. The zero-order valence-corrected chi connectivity index (χ0v) is 13.2. The van der Waals surface area contributed by atoms with Crippen molar-refractivity contribution in [2.24, 2.45) is 5.92 Å². The number of hydrogen-bond acceptors (Lipinski definition) is 4. The molecule has 0 saturated heterocycles. The summed E-state index contributed by atoms with van der Waals surface area (Å²) >= 11 is 0. The van der Waals surface area contributed by atoms with Crippen molar-refractivity contribution in [1.29, 1.82) is 0 Å². The van der Waals surface area contributed by atoms with Crippen molar-refractivity contribution in [3.63, 3.8) is 0 Å². The third-order valence-electron chi connectivity index (χ3n) is 4.42. The first-order valence-electron chi connectivity index (χ1n) is 7.91. The zero-order valence-electron chi connectivity index (χ0n) is 13.2. The number of nitrogens with zero attached hydrogens (tertiary/aromatic N) is 2. The Hall–Kier alpha value is -1.32. The van der Waals surface area contributed by atoms with Crippen LogP contribution in [0.25, 0.3) is 0 Å². The molecule has 20 heavy (non-hydrogen) atoms. The summed E-state index contributed by atoms with van der Waals surface area (Å²) < 4.78 is 0. The molecule has 112 valence electrons. The van der Waals surface area contributed by atoms with Crippen LogP contribution >= 0.6 is 0 Å². The van der Waals surface area contributed by atoms with E-state index >= 15 is 0 Å².